The van der Waals surface area contributed by atoms with E-state index in [0.717, 1.165) is 5.92 Å². The third-order valence-electron chi connectivity index (χ3n) is 3.06. The van der Waals surface area contributed by atoms with E-state index >= 15 is 0 Å². The molecule has 0 spiro atoms. The quantitative estimate of drug-likeness (QED) is 0.706. The number of hydrogen-bond donors (Lipinski definition) is 1. The summed E-state index contributed by atoms with van der Waals surface area (Å²) in [5, 5.41) is 0. The molecule has 74 valence electrons. The van der Waals surface area contributed by atoms with Crippen LogP contribution in [0.1, 0.15) is 38.5 Å². The number of nitrogens with two attached hydrogens (primary N) is 1. The van der Waals surface area contributed by atoms with Crippen LogP contribution in [0.2, 0.25) is 0 Å². The minimum Gasteiger partial charge on any atom is -0.463 e. The minimum atomic E-state index is 0.350. The SMILES string of the molecule is NC1=N[C@@H](CC2CCCCC2)CO1. The summed E-state index contributed by atoms with van der Waals surface area (Å²) in [6, 6.07) is 0.740. The molecule has 1 aliphatic heterocycles. The molecular weight excluding hydrogens is 164 g/mol. The molecule has 2 aliphatic rings. The zero-order valence-electron chi connectivity index (χ0n) is 8.04. The fraction of sp³-hybridized carbons (Fsp3) is 0.900. The van der Waals surface area contributed by atoms with E-state index in [2.05, 4.69) is 4.99 Å². The Labute approximate surface area is 79.4 Å². The van der Waals surface area contributed by atoms with Gasteiger partial charge in [-0.3, -0.25) is 0 Å². The van der Waals surface area contributed by atoms with Crippen LogP contribution in [0.15, 0.2) is 4.99 Å². The van der Waals surface area contributed by atoms with Crippen molar-refractivity contribution in [3.05, 3.63) is 0 Å². The van der Waals surface area contributed by atoms with Crippen molar-refractivity contribution in [2.24, 2.45) is 16.6 Å². The highest BCUT2D eigenvalue weighted by atomic mass is 16.5. The van der Waals surface area contributed by atoms with Gasteiger partial charge in [-0.25, -0.2) is 4.99 Å². The summed E-state index contributed by atoms with van der Waals surface area (Å²) in [4.78, 5) is 4.25. The molecule has 0 aromatic heterocycles. The van der Waals surface area contributed by atoms with Crippen molar-refractivity contribution in [2.45, 2.75) is 44.6 Å². The summed E-state index contributed by atoms with van der Waals surface area (Å²) in [6.07, 6.45) is 8.16. The largest absolute Gasteiger partial charge is 0.463 e. The standard InChI is InChI=1S/C10H18N2O/c11-10-12-9(7-13-10)6-8-4-2-1-3-5-8/h8-9H,1-7H2,(H2,11,12)/t9-/m0/s1. The molecule has 0 aromatic rings. The molecule has 0 saturated heterocycles. The molecule has 3 heteroatoms. The van der Waals surface area contributed by atoms with Crippen molar-refractivity contribution in [1.82, 2.24) is 0 Å². The Balaban J connectivity index is 1.77. The maximum absolute atomic E-state index is 5.46. The van der Waals surface area contributed by atoms with Gasteiger partial charge in [0.1, 0.15) is 6.61 Å². The number of hydrogen-bond acceptors (Lipinski definition) is 3. The summed E-state index contributed by atoms with van der Waals surface area (Å²) in [5.74, 6) is 0.872. The summed E-state index contributed by atoms with van der Waals surface area (Å²) in [7, 11) is 0. The number of ether oxygens (including phenoxy) is 1. The smallest absolute Gasteiger partial charge is 0.282 e. The van der Waals surface area contributed by atoms with Crippen molar-refractivity contribution in [1.29, 1.82) is 0 Å². The van der Waals surface area contributed by atoms with E-state index in [1.165, 1.54) is 38.5 Å². The summed E-state index contributed by atoms with van der Waals surface area (Å²) in [6.45, 7) is 0.711. The van der Waals surface area contributed by atoms with E-state index in [-0.39, 0.29) is 0 Å². The average molecular weight is 182 g/mol. The molecule has 0 amide bonds. The summed E-state index contributed by atoms with van der Waals surface area (Å²) < 4.78 is 5.13. The molecule has 1 atom stereocenters. The van der Waals surface area contributed by atoms with Crippen LogP contribution in [0.25, 0.3) is 0 Å². The van der Waals surface area contributed by atoms with E-state index < -0.39 is 0 Å². The first-order valence-corrected chi connectivity index (χ1v) is 5.30. The molecule has 2 N–H and O–H groups in total. The summed E-state index contributed by atoms with van der Waals surface area (Å²) >= 11 is 0. The van der Waals surface area contributed by atoms with Crippen LogP contribution in [0.4, 0.5) is 0 Å². The van der Waals surface area contributed by atoms with Crippen molar-refractivity contribution in [3.8, 4) is 0 Å². The highest BCUT2D eigenvalue weighted by molar-refractivity contribution is 5.72. The molecule has 0 radical (unpaired) electrons. The molecule has 1 fully saturated rings. The maximum atomic E-state index is 5.46. The van der Waals surface area contributed by atoms with Gasteiger partial charge in [0.25, 0.3) is 6.02 Å². The van der Waals surface area contributed by atoms with Gasteiger partial charge in [0.05, 0.1) is 6.04 Å². The van der Waals surface area contributed by atoms with Gasteiger partial charge in [0.15, 0.2) is 0 Å². The molecule has 0 bridgehead atoms. The molecule has 0 unspecified atom stereocenters. The predicted molar refractivity (Wildman–Crippen MR) is 52.6 cm³/mol. The van der Waals surface area contributed by atoms with Gasteiger partial charge in [-0.2, -0.15) is 0 Å². The number of amidine groups is 1. The molecule has 1 saturated carbocycles. The Morgan fingerprint density at radius 3 is 2.69 bits per heavy atom. The second-order valence-corrected chi connectivity index (χ2v) is 4.17. The minimum absolute atomic E-state index is 0.350. The van der Waals surface area contributed by atoms with Gasteiger partial charge in [-0.1, -0.05) is 32.1 Å². The number of rotatable bonds is 2. The van der Waals surface area contributed by atoms with E-state index in [1.54, 1.807) is 0 Å². The van der Waals surface area contributed by atoms with E-state index in [9.17, 15) is 0 Å². The highest BCUT2D eigenvalue weighted by Gasteiger charge is 2.22. The van der Waals surface area contributed by atoms with Crippen LogP contribution in [0.3, 0.4) is 0 Å². The van der Waals surface area contributed by atoms with Crippen LogP contribution in [-0.4, -0.2) is 18.7 Å². The first kappa shape index (κ1) is 8.85. The molecular formula is C10H18N2O. The van der Waals surface area contributed by atoms with Crippen molar-refractivity contribution >= 4 is 6.02 Å². The zero-order valence-corrected chi connectivity index (χ0v) is 8.04. The highest BCUT2D eigenvalue weighted by Crippen LogP contribution is 2.28. The summed E-state index contributed by atoms with van der Waals surface area (Å²) in [5.41, 5.74) is 5.46. The Morgan fingerprint density at radius 2 is 2.08 bits per heavy atom. The Kier molecular flexibility index (Phi) is 2.71. The van der Waals surface area contributed by atoms with Crippen LogP contribution in [0, 0.1) is 5.92 Å². The zero-order chi connectivity index (χ0) is 9.10. The van der Waals surface area contributed by atoms with Crippen LogP contribution >= 0.6 is 0 Å². The van der Waals surface area contributed by atoms with Crippen LogP contribution in [-0.2, 0) is 4.74 Å². The first-order valence-electron chi connectivity index (χ1n) is 5.30. The maximum Gasteiger partial charge on any atom is 0.282 e. The first-order chi connectivity index (χ1) is 6.34. The van der Waals surface area contributed by atoms with Crippen LogP contribution < -0.4 is 5.73 Å². The second kappa shape index (κ2) is 3.99. The van der Waals surface area contributed by atoms with Crippen LogP contribution in [0.5, 0.6) is 0 Å². The molecule has 0 aromatic carbocycles. The third kappa shape index (κ3) is 2.36. The van der Waals surface area contributed by atoms with Gasteiger partial charge in [0.2, 0.25) is 0 Å². The molecule has 1 heterocycles. The van der Waals surface area contributed by atoms with Crippen molar-refractivity contribution in [2.75, 3.05) is 6.61 Å². The van der Waals surface area contributed by atoms with Gasteiger partial charge in [-0.15, -0.1) is 0 Å². The number of aliphatic imine (C=N–C) groups is 1. The van der Waals surface area contributed by atoms with Gasteiger partial charge in [-0.05, 0) is 12.3 Å². The van der Waals surface area contributed by atoms with Crippen molar-refractivity contribution < 1.29 is 4.74 Å². The van der Waals surface area contributed by atoms with Gasteiger partial charge >= 0.3 is 0 Å². The Bertz CT molecular complexity index is 197. The predicted octanol–water partition coefficient (Wildman–Crippen LogP) is 1.67. The molecule has 1 aliphatic carbocycles. The fourth-order valence-electron chi connectivity index (χ4n) is 2.36. The molecule has 13 heavy (non-hydrogen) atoms. The normalized spacial score (nSPS) is 29.8. The Morgan fingerprint density at radius 1 is 1.31 bits per heavy atom. The molecule has 2 rings (SSSR count). The van der Waals surface area contributed by atoms with E-state index in [4.69, 9.17) is 10.5 Å². The lowest BCUT2D eigenvalue weighted by molar-refractivity contribution is 0.266. The monoisotopic (exact) mass is 182 g/mol. The second-order valence-electron chi connectivity index (χ2n) is 4.17. The lowest BCUT2D eigenvalue weighted by atomic mass is 9.85. The van der Waals surface area contributed by atoms with Gasteiger partial charge < -0.3 is 10.5 Å². The van der Waals surface area contributed by atoms with E-state index in [1.807, 2.05) is 0 Å². The Hall–Kier alpha value is -0.730. The van der Waals surface area contributed by atoms with Gasteiger partial charge in [0, 0.05) is 0 Å². The average Bonchev–Trinajstić information content (AvgIpc) is 2.53. The topological polar surface area (TPSA) is 47.6 Å². The van der Waals surface area contributed by atoms with Crippen molar-refractivity contribution in [3.63, 3.8) is 0 Å². The lowest BCUT2D eigenvalue weighted by Gasteiger charge is -2.22. The fourth-order valence-corrected chi connectivity index (χ4v) is 2.36. The molecule has 3 nitrogen and oxygen atoms in total. The lowest BCUT2D eigenvalue weighted by Crippen LogP contribution is -2.15. The number of nitrogens with zero attached hydrogens (tertiary/aromatic N) is 1. The third-order valence-corrected chi connectivity index (χ3v) is 3.06. The van der Waals surface area contributed by atoms with E-state index in [0.29, 0.717) is 18.7 Å².